The molecule has 0 saturated heterocycles. The van der Waals surface area contributed by atoms with Gasteiger partial charge in [0, 0.05) is 36.3 Å². The monoisotopic (exact) mass is 306 g/mol. The van der Waals surface area contributed by atoms with Gasteiger partial charge in [0.25, 0.3) is 0 Å². The van der Waals surface area contributed by atoms with Crippen molar-refractivity contribution in [3.8, 4) is 0 Å². The number of nitrogens with zero attached hydrogens (tertiary/aromatic N) is 1. The molecule has 1 aliphatic carbocycles. The highest BCUT2D eigenvalue weighted by Gasteiger charge is 2.25. The molecule has 1 saturated carbocycles. The van der Waals surface area contributed by atoms with Gasteiger partial charge < -0.3 is 10.2 Å². The van der Waals surface area contributed by atoms with Crippen molar-refractivity contribution in [2.24, 2.45) is 0 Å². The summed E-state index contributed by atoms with van der Waals surface area (Å²) in [5, 5.41) is 5.11. The van der Waals surface area contributed by atoms with Gasteiger partial charge in [-0.15, -0.1) is 0 Å². The van der Waals surface area contributed by atoms with E-state index < -0.39 is 0 Å². The van der Waals surface area contributed by atoms with E-state index in [1.807, 2.05) is 0 Å². The van der Waals surface area contributed by atoms with Gasteiger partial charge in [-0.25, -0.2) is 0 Å². The Hall–Kier alpha value is 0.01000. The molecular weight excluding hydrogens is 291 g/mol. The van der Waals surface area contributed by atoms with Gasteiger partial charge in [-0.1, -0.05) is 34.8 Å². The summed E-state index contributed by atoms with van der Waals surface area (Å²) in [7, 11) is 2.17. The lowest BCUT2D eigenvalue weighted by molar-refractivity contribution is 0.321. The normalized spacial score (nSPS) is 15.4. The summed E-state index contributed by atoms with van der Waals surface area (Å²) in [5.74, 6) is 0. The lowest BCUT2D eigenvalue weighted by atomic mass is 10.2. The lowest BCUT2D eigenvalue weighted by Crippen LogP contribution is -2.30. The van der Waals surface area contributed by atoms with Crippen LogP contribution in [0.2, 0.25) is 15.1 Å². The summed E-state index contributed by atoms with van der Waals surface area (Å²) in [6.45, 7) is 2.61. The van der Waals surface area contributed by atoms with E-state index in [9.17, 15) is 0 Å². The maximum atomic E-state index is 6.13. The van der Waals surface area contributed by atoms with Gasteiger partial charge in [-0.3, -0.25) is 0 Å². The molecule has 2 nitrogen and oxygen atoms in total. The van der Waals surface area contributed by atoms with Crippen molar-refractivity contribution in [3.05, 3.63) is 32.8 Å². The highest BCUT2D eigenvalue weighted by molar-refractivity contribution is 6.44. The number of rotatable bonds is 6. The second-order valence-corrected chi connectivity index (χ2v) is 5.90. The van der Waals surface area contributed by atoms with Crippen molar-refractivity contribution in [1.29, 1.82) is 0 Å². The van der Waals surface area contributed by atoms with Crippen molar-refractivity contribution in [2.75, 3.05) is 20.1 Å². The van der Waals surface area contributed by atoms with Crippen molar-refractivity contribution >= 4 is 34.8 Å². The predicted molar refractivity (Wildman–Crippen MR) is 78.8 cm³/mol. The van der Waals surface area contributed by atoms with E-state index in [0.717, 1.165) is 24.7 Å². The Kier molecular flexibility index (Phi) is 5.16. The Morgan fingerprint density at radius 2 is 1.89 bits per heavy atom. The zero-order valence-electron chi connectivity index (χ0n) is 10.3. The summed E-state index contributed by atoms with van der Waals surface area (Å²) in [4.78, 5) is 2.38. The van der Waals surface area contributed by atoms with Crippen LogP contribution in [-0.4, -0.2) is 31.1 Å². The van der Waals surface area contributed by atoms with E-state index in [0.29, 0.717) is 21.6 Å². The zero-order chi connectivity index (χ0) is 13.1. The number of hydrogen-bond acceptors (Lipinski definition) is 2. The molecule has 0 aliphatic heterocycles. The van der Waals surface area contributed by atoms with Gasteiger partial charge in [-0.05, 0) is 32.0 Å². The molecule has 2 rings (SSSR count). The molecule has 1 fully saturated rings. The number of likely N-dealkylation sites (N-methyl/N-ethyl adjacent to an activating group) is 1. The van der Waals surface area contributed by atoms with Crippen molar-refractivity contribution < 1.29 is 0 Å². The lowest BCUT2D eigenvalue weighted by Gasteiger charge is -2.16. The van der Waals surface area contributed by atoms with Crippen LogP contribution in [0.15, 0.2) is 12.1 Å². The van der Waals surface area contributed by atoms with Crippen LogP contribution in [0.4, 0.5) is 0 Å². The molecule has 0 radical (unpaired) electrons. The van der Waals surface area contributed by atoms with Crippen LogP contribution >= 0.6 is 34.8 Å². The quantitative estimate of drug-likeness (QED) is 0.635. The molecular formula is C13H17Cl3N2. The number of halogens is 3. The molecule has 1 N–H and O–H groups in total. The predicted octanol–water partition coefficient (Wildman–Crippen LogP) is 3.83. The third-order valence-electron chi connectivity index (χ3n) is 3.25. The molecule has 0 heterocycles. The van der Waals surface area contributed by atoms with Crippen molar-refractivity contribution in [3.63, 3.8) is 0 Å². The van der Waals surface area contributed by atoms with E-state index in [-0.39, 0.29) is 0 Å². The standard InChI is InChI=1S/C13H17Cl3N2/c1-18(9-2-3-9)7-6-17-8-10-11(14)4-5-12(15)13(10)16/h4-5,9,17H,2-3,6-8H2,1H3. The highest BCUT2D eigenvalue weighted by Crippen LogP contribution is 2.31. The summed E-state index contributed by atoms with van der Waals surface area (Å²) >= 11 is 18.2. The fourth-order valence-electron chi connectivity index (χ4n) is 1.90. The minimum Gasteiger partial charge on any atom is -0.311 e. The van der Waals surface area contributed by atoms with E-state index in [1.54, 1.807) is 12.1 Å². The first-order chi connectivity index (χ1) is 8.59. The van der Waals surface area contributed by atoms with Crippen LogP contribution in [0.1, 0.15) is 18.4 Å². The Balaban J connectivity index is 1.80. The highest BCUT2D eigenvalue weighted by atomic mass is 35.5. The average Bonchev–Trinajstić information content (AvgIpc) is 3.17. The van der Waals surface area contributed by atoms with Gasteiger partial charge in [0.15, 0.2) is 0 Å². The van der Waals surface area contributed by atoms with Crippen LogP contribution < -0.4 is 5.32 Å². The van der Waals surface area contributed by atoms with Crippen LogP contribution in [0, 0.1) is 0 Å². The molecule has 0 amide bonds. The van der Waals surface area contributed by atoms with Gasteiger partial charge in [0.2, 0.25) is 0 Å². The van der Waals surface area contributed by atoms with Crippen molar-refractivity contribution in [2.45, 2.75) is 25.4 Å². The number of hydrogen-bond donors (Lipinski definition) is 1. The molecule has 0 unspecified atom stereocenters. The first-order valence-corrected chi connectivity index (χ1v) is 7.26. The summed E-state index contributed by atoms with van der Waals surface area (Å²) in [5.41, 5.74) is 0.875. The van der Waals surface area contributed by atoms with Gasteiger partial charge in [0.1, 0.15) is 0 Å². The second-order valence-electron chi connectivity index (χ2n) is 4.71. The Morgan fingerprint density at radius 1 is 1.22 bits per heavy atom. The van der Waals surface area contributed by atoms with Crippen LogP contribution in [-0.2, 0) is 6.54 Å². The zero-order valence-corrected chi connectivity index (χ0v) is 12.6. The first kappa shape index (κ1) is 14.4. The maximum Gasteiger partial charge on any atom is 0.0652 e. The molecule has 0 spiro atoms. The summed E-state index contributed by atoms with van der Waals surface area (Å²) < 4.78 is 0. The molecule has 100 valence electrons. The summed E-state index contributed by atoms with van der Waals surface area (Å²) in [6.07, 6.45) is 2.67. The van der Waals surface area contributed by atoms with Crippen molar-refractivity contribution in [1.82, 2.24) is 10.2 Å². The second kappa shape index (κ2) is 6.44. The van der Waals surface area contributed by atoms with E-state index >= 15 is 0 Å². The molecule has 1 aromatic carbocycles. The maximum absolute atomic E-state index is 6.13. The molecule has 1 aliphatic rings. The Bertz CT molecular complexity index is 419. The SMILES string of the molecule is CN(CCNCc1c(Cl)ccc(Cl)c1Cl)C1CC1. The number of nitrogens with one attached hydrogen (secondary N) is 1. The Morgan fingerprint density at radius 3 is 2.56 bits per heavy atom. The smallest absolute Gasteiger partial charge is 0.0652 e. The van der Waals surface area contributed by atoms with E-state index in [1.165, 1.54) is 12.8 Å². The molecule has 18 heavy (non-hydrogen) atoms. The molecule has 0 atom stereocenters. The molecule has 5 heteroatoms. The first-order valence-electron chi connectivity index (χ1n) is 6.13. The third kappa shape index (κ3) is 3.75. The summed E-state index contributed by atoms with van der Waals surface area (Å²) in [6, 6.07) is 4.30. The largest absolute Gasteiger partial charge is 0.311 e. The third-order valence-corrected chi connectivity index (χ3v) is 4.45. The fourth-order valence-corrected chi connectivity index (χ4v) is 2.58. The van der Waals surface area contributed by atoms with Gasteiger partial charge in [0.05, 0.1) is 10.0 Å². The molecule has 0 aromatic heterocycles. The topological polar surface area (TPSA) is 15.3 Å². The van der Waals surface area contributed by atoms with Crippen LogP contribution in [0.25, 0.3) is 0 Å². The minimum absolute atomic E-state index is 0.548. The van der Waals surface area contributed by atoms with Gasteiger partial charge in [-0.2, -0.15) is 0 Å². The molecule has 1 aromatic rings. The number of benzene rings is 1. The Labute approximate surface area is 123 Å². The minimum atomic E-state index is 0.548. The van der Waals surface area contributed by atoms with Gasteiger partial charge >= 0.3 is 0 Å². The molecule has 0 bridgehead atoms. The fraction of sp³-hybridized carbons (Fsp3) is 0.538. The van der Waals surface area contributed by atoms with E-state index in [4.69, 9.17) is 34.8 Å². The van der Waals surface area contributed by atoms with Crippen LogP contribution in [0.5, 0.6) is 0 Å². The van der Waals surface area contributed by atoms with E-state index in [2.05, 4.69) is 17.3 Å². The van der Waals surface area contributed by atoms with Crippen LogP contribution in [0.3, 0.4) is 0 Å². The average molecular weight is 308 g/mol.